The molecular formula is C16H15ClFNO2. The number of rotatable bonds is 5. The van der Waals surface area contributed by atoms with Crippen LogP contribution in [0.15, 0.2) is 42.5 Å². The summed E-state index contributed by atoms with van der Waals surface area (Å²) in [6, 6.07) is 11.5. The molecule has 0 unspecified atom stereocenters. The van der Waals surface area contributed by atoms with Crippen LogP contribution in [0.4, 0.5) is 4.39 Å². The average Bonchev–Trinajstić information content (AvgIpc) is 2.49. The Labute approximate surface area is 127 Å². The Morgan fingerprint density at radius 2 is 1.95 bits per heavy atom. The normalized spacial score (nSPS) is 10.2. The SMILES string of the molecule is COc1ccc(C(=O)NCCc2ccc(Cl)cc2)cc1F. The highest BCUT2D eigenvalue weighted by Gasteiger charge is 2.09. The van der Waals surface area contributed by atoms with Gasteiger partial charge in [0.25, 0.3) is 5.91 Å². The minimum atomic E-state index is -0.553. The van der Waals surface area contributed by atoms with Crippen molar-refractivity contribution in [3.63, 3.8) is 0 Å². The van der Waals surface area contributed by atoms with Crippen LogP contribution in [0.5, 0.6) is 5.75 Å². The maximum Gasteiger partial charge on any atom is 0.251 e. The molecule has 0 aliphatic rings. The minimum absolute atomic E-state index is 0.118. The summed E-state index contributed by atoms with van der Waals surface area (Å²) in [6.07, 6.45) is 0.682. The Balaban J connectivity index is 1.89. The van der Waals surface area contributed by atoms with Gasteiger partial charge in [0.05, 0.1) is 7.11 Å². The Bertz CT molecular complexity index is 629. The second-order valence-corrected chi connectivity index (χ2v) is 4.92. The summed E-state index contributed by atoms with van der Waals surface area (Å²) in [4.78, 5) is 11.9. The number of methoxy groups -OCH3 is 1. The third kappa shape index (κ3) is 4.20. The molecule has 110 valence electrons. The van der Waals surface area contributed by atoms with Gasteiger partial charge in [-0.15, -0.1) is 0 Å². The van der Waals surface area contributed by atoms with E-state index in [2.05, 4.69) is 5.32 Å². The third-order valence-corrected chi connectivity index (χ3v) is 3.28. The molecule has 0 aromatic heterocycles. The highest BCUT2D eigenvalue weighted by molar-refractivity contribution is 6.30. The molecule has 5 heteroatoms. The molecule has 2 aromatic carbocycles. The summed E-state index contributed by atoms with van der Waals surface area (Å²) in [5.74, 6) is -0.749. The second kappa shape index (κ2) is 7.09. The van der Waals surface area contributed by atoms with Crippen LogP contribution < -0.4 is 10.1 Å². The fourth-order valence-electron chi connectivity index (χ4n) is 1.88. The maximum absolute atomic E-state index is 13.5. The van der Waals surface area contributed by atoms with E-state index in [4.69, 9.17) is 16.3 Å². The molecule has 0 aliphatic carbocycles. The minimum Gasteiger partial charge on any atom is -0.494 e. The van der Waals surface area contributed by atoms with E-state index in [1.54, 1.807) is 12.1 Å². The van der Waals surface area contributed by atoms with E-state index in [0.29, 0.717) is 18.0 Å². The van der Waals surface area contributed by atoms with Crippen molar-refractivity contribution >= 4 is 17.5 Å². The van der Waals surface area contributed by atoms with E-state index in [1.165, 1.54) is 19.2 Å². The van der Waals surface area contributed by atoms with E-state index >= 15 is 0 Å². The molecule has 0 fully saturated rings. The van der Waals surface area contributed by atoms with Crippen LogP contribution >= 0.6 is 11.6 Å². The smallest absolute Gasteiger partial charge is 0.251 e. The molecular weight excluding hydrogens is 293 g/mol. The van der Waals surface area contributed by atoms with Crippen molar-refractivity contribution < 1.29 is 13.9 Å². The number of hydrogen-bond acceptors (Lipinski definition) is 2. The van der Waals surface area contributed by atoms with E-state index in [0.717, 1.165) is 11.6 Å². The van der Waals surface area contributed by atoms with Gasteiger partial charge in [0, 0.05) is 17.1 Å². The van der Waals surface area contributed by atoms with Gasteiger partial charge in [-0.3, -0.25) is 4.79 Å². The van der Waals surface area contributed by atoms with Gasteiger partial charge in [-0.2, -0.15) is 0 Å². The third-order valence-electron chi connectivity index (χ3n) is 3.03. The Morgan fingerprint density at radius 3 is 2.57 bits per heavy atom. The highest BCUT2D eigenvalue weighted by Crippen LogP contribution is 2.17. The van der Waals surface area contributed by atoms with Crippen LogP contribution in [0.2, 0.25) is 5.02 Å². The largest absolute Gasteiger partial charge is 0.494 e. The van der Waals surface area contributed by atoms with Crippen molar-refractivity contribution in [3.8, 4) is 5.75 Å². The monoisotopic (exact) mass is 307 g/mol. The number of hydrogen-bond donors (Lipinski definition) is 1. The fraction of sp³-hybridized carbons (Fsp3) is 0.188. The molecule has 3 nitrogen and oxygen atoms in total. The number of halogens is 2. The van der Waals surface area contributed by atoms with E-state index in [9.17, 15) is 9.18 Å². The summed E-state index contributed by atoms with van der Waals surface area (Å²) in [7, 11) is 1.38. The quantitative estimate of drug-likeness (QED) is 0.918. The summed E-state index contributed by atoms with van der Waals surface area (Å²) < 4.78 is 18.3. The topological polar surface area (TPSA) is 38.3 Å². The van der Waals surface area contributed by atoms with Gasteiger partial charge in [-0.25, -0.2) is 4.39 Å². The predicted octanol–water partition coefficient (Wildman–Crippen LogP) is 3.46. The first-order valence-electron chi connectivity index (χ1n) is 6.46. The molecule has 0 atom stereocenters. The number of carbonyl (C=O) groups is 1. The van der Waals surface area contributed by atoms with Gasteiger partial charge in [-0.05, 0) is 42.3 Å². The molecule has 1 amide bonds. The zero-order chi connectivity index (χ0) is 15.2. The number of nitrogens with one attached hydrogen (secondary N) is 1. The maximum atomic E-state index is 13.5. The zero-order valence-corrected chi connectivity index (χ0v) is 12.3. The molecule has 0 aliphatic heterocycles. The highest BCUT2D eigenvalue weighted by atomic mass is 35.5. The van der Waals surface area contributed by atoms with E-state index < -0.39 is 5.82 Å². The fourth-order valence-corrected chi connectivity index (χ4v) is 2.01. The zero-order valence-electron chi connectivity index (χ0n) is 11.5. The molecule has 0 radical (unpaired) electrons. The lowest BCUT2D eigenvalue weighted by molar-refractivity contribution is 0.0953. The van der Waals surface area contributed by atoms with Crippen molar-refractivity contribution in [2.45, 2.75) is 6.42 Å². The number of benzene rings is 2. The molecule has 21 heavy (non-hydrogen) atoms. The molecule has 0 heterocycles. The molecule has 0 bridgehead atoms. The van der Waals surface area contributed by atoms with Gasteiger partial charge in [-0.1, -0.05) is 23.7 Å². The van der Waals surface area contributed by atoms with Crippen LogP contribution in [-0.4, -0.2) is 19.6 Å². The van der Waals surface area contributed by atoms with Crippen LogP contribution in [0.3, 0.4) is 0 Å². The van der Waals surface area contributed by atoms with Crippen molar-refractivity contribution in [3.05, 3.63) is 64.4 Å². The summed E-state index contributed by atoms with van der Waals surface area (Å²) in [6.45, 7) is 0.466. The molecule has 0 saturated carbocycles. The second-order valence-electron chi connectivity index (χ2n) is 4.48. The van der Waals surface area contributed by atoms with Crippen LogP contribution in [0.1, 0.15) is 15.9 Å². The van der Waals surface area contributed by atoms with Crippen LogP contribution in [-0.2, 0) is 6.42 Å². The lowest BCUT2D eigenvalue weighted by Crippen LogP contribution is -2.25. The van der Waals surface area contributed by atoms with E-state index in [1.807, 2.05) is 12.1 Å². The molecule has 0 saturated heterocycles. The van der Waals surface area contributed by atoms with Gasteiger partial charge < -0.3 is 10.1 Å². The number of ether oxygens (including phenoxy) is 1. The Morgan fingerprint density at radius 1 is 1.24 bits per heavy atom. The van der Waals surface area contributed by atoms with Crippen molar-refractivity contribution in [2.24, 2.45) is 0 Å². The predicted molar refractivity (Wildman–Crippen MR) is 80.4 cm³/mol. The lowest BCUT2D eigenvalue weighted by Gasteiger charge is -2.07. The first-order valence-corrected chi connectivity index (χ1v) is 6.84. The van der Waals surface area contributed by atoms with Gasteiger partial charge in [0.1, 0.15) is 0 Å². The Hall–Kier alpha value is -2.07. The Kier molecular flexibility index (Phi) is 5.17. The first kappa shape index (κ1) is 15.3. The van der Waals surface area contributed by atoms with Crippen molar-refractivity contribution in [1.29, 1.82) is 0 Å². The van der Waals surface area contributed by atoms with Crippen LogP contribution in [0.25, 0.3) is 0 Å². The lowest BCUT2D eigenvalue weighted by atomic mass is 10.1. The summed E-state index contributed by atoms with van der Waals surface area (Å²) in [5.41, 5.74) is 1.34. The van der Waals surface area contributed by atoms with Crippen LogP contribution in [0, 0.1) is 5.82 Å². The molecule has 2 rings (SSSR count). The average molecular weight is 308 g/mol. The van der Waals surface area contributed by atoms with Gasteiger partial charge >= 0.3 is 0 Å². The summed E-state index contributed by atoms with van der Waals surface area (Å²) >= 11 is 5.80. The number of carbonyl (C=O) groups excluding carboxylic acids is 1. The standard InChI is InChI=1S/C16H15ClFNO2/c1-21-15-7-4-12(10-14(15)18)16(20)19-9-8-11-2-5-13(17)6-3-11/h2-7,10H,8-9H2,1H3,(H,19,20). The first-order chi connectivity index (χ1) is 10.1. The van der Waals surface area contributed by atoms with Crippen molar-refractivity contribution in [2.75, 3.05) is 13.7 Å². The van der Waals surface area contributed by atoms with Crippen molar-refractivity contribution in [1.82, 2.24) is 5.32 Å². The summed E-state index contributed by atoms with van der Waals surface area (Å²) in [5, 5.41) is 3.42. The van der Waals surface area contributed by atoms with Gasteiger partial charge in [0.2, 0.25) is 0 Å². The molecule has 0 spiro atoms. The van der Waals surface area contributed by atoms with Gasteiger partial charge in [0.15, 0.2) is 11.6 Å². The van der Waals surface area contributed by atoms with E-state index in [-0.39, 0.29) is 17.2 Å². The number of amides is 1. The molecule has 1 N–H and O–H groups in total. The molecule has 2 aromatic rings.